The number of ether oxygens (including phenoxy) is 1. The number of pyridine rings is 1. The van der Waals surface area contributed by atoms with Crippen molar-refractivity contribution in [3.63, 3.8) is 0 Å². The SMILES string of the molecule is Cc1cc([N+](=O)[O-])ccc1Oc1ccc(C(=N)N)cn1. The molecule has 20 heavy (non-hydrogen) atoms. The third-order valence-electron chi connectivity index (χ3n) is 2.63. The first kappa shape index (κ1) is 13.5. The van der Waals surface area contributed by atoms with Gasteiger partial charge >= 0.3 is 0 Å². The van der Waals surface area contributed by atoms with E-state index in [9.17, 15) is 10.1 Å². The molecule has 0 saturated carbocycles. The number of rotatable bonds is 4. The van der Waals surface area contributed by atoms with Gasteiger partial charge in [0.15, 0.2) is 0 Å². The van der Waals surface area contributed by atoms with E-state index in [1.54, 1.807) is 19.1 Å². The summed E-state index contributed by atoms with van der Waals surface area (Å²) < 4.78 is 5.53. The number of aromatic nitrogens is 1. The van der Waals surface area contributed by atoms with Crippen molar-refractivity contribution in [2.45, 2.75) is 6.92 Å². The fourth-order valence-electron chi connectivity index (χ4n) is 1.57. The lowest BCUT2D eigenvalue weighted by molar-refractivity contribution is -0.384. The molecular formula is C13H12N4O3. The summed E-state index contributed by atoms with van der Waals surface area (Å²) in [4.78, 5) is 14.2. The van der Waals surface area contributed by atoms with E-state index in [0.717, 1.165) is 0 Å². The number of nitrogens with one attached hydrogen (secondary N) is 1. The van der Waals surface area contributed by atoms with Crippen molar-refractivity contribution in [2.75, 3.05) is 0 Å². The minimum atomic E-state index is -0.462. The van der Waals surface area contributed by atoms with Gasteiger partial charge in [-0.15, -0.1) is 0 Å². The molecule has 0 amide bonds. The number of nitrogen functional groups attached to an aromatic ring is 1. The van der Waals surface area contributed by atoms with E-state index >= 15 is 0 Å². The van der Waals surface area contributed by atoms with Gasteiger partial charge in [-0.3, -0.25) is 15.5 Å². The van der Waals surface area contributed by atoms with Crippen LogP contribution in [0.5, 0.6) is 11.6 Å². The van der Waals surface area contributed by atoms with Gasteiger partial charge in [0.05, 0.1) is 4.92 Å². The van der Waals surface area contributed by atoms with Crippen LogP contribution in [-0.4, -0.2) is 15.7 Å². The summed E-state index contributed by atoms with van der Waals surface area (Å²) >= 11 is 0. The van der Waals surface area contributed by atoms with Crippen LogP contribution in [0, 0.1) is 22.4 Å². The smallest absolute Gasteiger partial charge is 0.269 e. The van der Waals surface area contributed by atoms with Crippen molar-refractivity contribution >= 4 is 11.5 Å². The fourth-order valence-corrected chi connectivity index (χ4v) is 1.57. The molecule has 0 aliphatic carbocycles. The fraction of sp³-hybridized carbons (Fsp3) is 0.0769. The Labute approximate surface area is 114 Å². The van der Waals surface area contributed by atoms with Crippen molar-refractivity contribution in [2.24, 2.45) is 5.73 Å². The molecular weight excluding hydrogens is 260 g/mol. The minimum absolute atomic E-state index is 0.00902. The van der Waals surface area contributed by atoms with Gasteiger partial charge in [0.25, 0.3) is 5.69 Å². The van der Waals surface area contributed by atoms with Crippen molar-refractivity contribution in [1.82, 2.24) is 4.98 Å². The van der Waals surface area contributed by atoms with E-state index in [2.05, 4.69) is 4.98 Å². The molecule has 0 aliphatic rings. The highest BCUT2D eigenvalue weighted by Crippen LogP contribution is 2.27. The predicted octanol–water partition coefficient (Wildman–Crippen LogP) is 2.37. The molecule has 1 aromatic heterocycles. The lowest BCUT2D eigenvalue weighted by atomic mass is 10.2. The number of non-ortho nitro benzene ring substituents is 1. The van der Waals surface area contributed by atoms with E-state index in [1.165, 1.54) is 24.4 Å². The maximum absolute atomic E-state index is 10.6. The number of nitrogens with two attached hydrogens (primary N) is 1. The van der Waals surface area contributed by atoms with E-state index in [1.807, 2.05) is 0 Å². The maximum Gasteiger partial charge on any atom is 0.269 e. The molecule has 2 aromatic rings. The number of amidine groups is 1. The number of nitro groups is 1. The Kier molecular flexibility index (Phi) is 3.60. The number of benzene rings is 1. The van der Waals surface area contributed by atoms with Gasteiger partial charge in [-0.05, 0) is 24.6 Å². The molecule has 7 nitrogen and oxygen atoms in total. The lowest BCUT2D eigenvalue weighted by Gasteiger charge is -2.07. The first-order chi connectivity index (χ1) is 9.47. The molecule has 1 heterocycles. The molecule has 0 atom stereocenters. The van der Waals surface area contributed by atoms with E-state index in [-0.39, 0.29) is 11.5 Å². The molecule has 3 N–H and O–H groups in total. The average molecular weight is 272 g/mol. The van der Waals surface area contributed by atoms with Crippen LogP contribution < -0.4 is 10.5 Å². The molecule has 0 spiro atoms. The molecule has 102 valence electrons. The van der Waals surface area contributed by atoms with E-state index in [0.29, 0.717) is 22.8 Å². The van der Waals surface area contributed by atoms with Crippen molar-refractivity contribution < 1.29 is 9.66 Å². The minimum Gasteiger partial charge on any atom is -0.439 e. The Balaban J connectivity index is 2.21. The lowest BCUT2D eigenvalue weighted by Crippen LogP contribution is -2.11. The third-order valence-corrected chi connectivity index (χ3v) is 2.63. The van der Waals surface area contributed by atoms with Gasteiger partial charge in [0, 0.05) is 30.0 Å². The summed E-state index contributed by atoms with van der Waals surface area (Å²) in [6, 6.07) is 7.52. The van der Waals surface area contributed by atoms with Gasteiger partial charge in [0.1, 0.15) is 11.6 Å². The Morgan fingerprint density at radius 1 is 1.40 bits per heavy atom. The number of nitrogens with zero attached hydrogens (tertiary/aromatic N) is 2. The average Bonchev–Trinajstić information content (AvgIpc) is 2.41. The zero-order valence-corrected chi connectivity index (χ0v) is 10.7. The van der Waals surface area contributed by atoms with Crippen LogP contribution in [0.25, 0.3) is 0 Å². The summed E-state index contributed by atoms with van der Waals surface area (Å²) in [5.41, 5.74) is 6.47. The molecule has 0 bridgehead atoms. The van der Waals surface area contributed by atoms with Crippen LogP contribution in [-0.2, 0) is 0 Å². The summed E-state index contributed by atoms with van der Waals surface area (Å²) in [5.74, 6) is 0.737. The van der Waals surface area contributed by atoms with Crippen molar-refractivity contribution in [3.8, 4) is 11.6 Å². The second kappa shape index (κ2) is 5.35. The summed E-state index contributed by atoms with van der Waals surface area (Å²) in [6.07, 6.45) is 1.43. The molecule has 2 rings (SSSR count). The second-order valence-corrected chi connectivity index (χ2v) is 4.11. The monoisotopic (exact) mass is 272 g/mol. The molecule has 0 unspecified atom stereocenters. The molecule has 7 heteroatoms. The summed E-state index contributed by atoms with van der Waals surface area (Å²) in [7, 11) is 0. The van der Waals surface area contributed by atoms with Gasteiger partial charge in [-0.25, -0.2) is 4.98 Å². The summed E-state index contributed by atoms with van der Waals surface area (Å²) in [6.45, 7) is 1.71. The second-order valence-electron chi connectivity index (χ2n) is 4.11. The normalized spacial score (nSPS) is 10.1. The van der Waals surface area contributed by atoms with Gasteiger partial charge in [0.2, 0.25) is 5.88 Å². The predicted molar refractivity (Wildman–Crippen MR) is 73.2 cm³/mol. The highest BCUT2D eigenvalue weighted by molar-refractivity contribution is 5.94. The van der Waals surface area contributed by atoms with Crippen molar-refractivity contribution in [1.29, 1.82) is 5.41 Å². The highest BCUT2D eigenvalue weighted by atomic mass is 16.6. The van der Waals surface area contributed by atoms with Crippen LogP contribution in [0.3, 0.4) is 0 Å². The summed E-state index contributed by atoms with van der Waals surface area (Å²) in [5, 5.41) is 17.9. The quantitative estimate of drug-likeness (QED) is 0.383. The van der Waals surface area contributed by atoms with Gasteiger partial charge < -0.3 is 10.5 Å². The van der Waals surface area contributed by atoms with Crippen molar-refractivity contribution in [3.05, 3.63) is 57.8 Å². The maximum atomic E-state index is 10.6. The molecule has 0 saturated heterocycles. The topological polar surface area (TPSA) is 115 Å². The van der Waals surface area contributed by atoms with Crippen LogP contribution in [0.4, 0.5) is 5.69 Å². The van der Waals surface area contributed by atoms with Crippen LogP contribution in [0.2, 0.25) is 0 Å². The number of nitro benzene ring substituents is 1. The van der Waals surface area contributed by atoms with Crippen LogP contribution in [0.1, 0.15) is 11.1 Å². The molecule has 0 fully saturated rings. The van der Waals surface area contributed by atoms with Gasteiger partial charge in [-0.1, -0.05) is 0 Å². The first-order valence-corrected chi connectivity index (χ1v) is 5.70. The molecule has 0 radical (unpaired) electrons. The zero-order chi connectivity index (χ0) is 14.7. The first-order valence-electron chi connectivity index (χ1n) is 5.70. The highest BCUT2D eigenvalue weighted by Gasteiger charge is 2.10. The number of hydrogen-bond donors (Lipinski definition) is 2. The zero-order valence-electron chi connectivity index (χ0n) is 10.7. The third kappa shape index (κ3) is 2.89. The van der Waals surface area contributed by atoms with E-state index < -0.39 is 4.92 Å². The Bertz CT molecular complexity index is 668. The number of hydrogen-bond acceptors (Lipinski definition) is 5. The van der Waals surface area contributed by atoms with Crippen LogP contribution in [0.15, 0.2) is 36.5 Å². The Morgan fingerprint density at radius 2 is 2.15 bits per heavy atom. The largest absolute Gasteiger partial charge is 0.439 e. The van der Waals surface area contributed by atoms with Crippen LogP contribution >= 0.6 is 0 Å². The Morgan fingerprint density at radius 3 is 2.65 bits per heavy atom. The standard InChI is InChI=1S/C13H12N4O3/c1-8-6-10(17(18)19)3-4-11(8)20-12-5-2-9(7-16-12)13(14)15/h2-7H,1H3,(H3,14,15). The van der Waals surface area contributed by atoms with E-state index in [4.69, 9.17) is 15.9 Å². The number of aryl methyl sites for hydroxylation is 1. The molecule has 0 aliphatic heterocycles. The van der Waals surface area contributed by atoms with Gasteiger partial charge in [-0.2, -0.15) is 0 Å². The molecule has 1 aromatic carbocycles. The Hall–Kier alpha value is -2.96.